The number of hydrogen-bond donors (Lipinski definition) is 1. The van der Waals surface area contributed by atoms with Crippen molar-refractivity contribution < 1.29 is 5.11 Å². The molecule has 0 fully saturated rings. The summed E-state index contributed by atoms with van der Waals surface area (Å²) in [6, 6.07) is 16.7. The van der Waals surface area contributed by atoms with Crippen LogP contribution >= 0.6 is 0 Å². The first-order chi connectivity index (χ1) is 10.3. The van der Waals surface area contributed by atoms with Crippen LogP contribution in [0.5, 0.6) is 0 Å². The monoisotopic (exact) mass is 276 g/mol. The first-order valence-electron chi connectivity index (χ1n) is 7.15. The zero-order valence-electron chi connectivity index (χ0n) is 11.8. The molecular weight excluding hydrogens is 260 g/mol. The van der Waals surface area contributed by atoms with E-state index in [1.807, 2.05) is 24.7 Å². The molecule has 4 rings (SSSR count). The lowest BCUT2D eigenvalue weighted by atomic mass is 9.95. The molecule has 104 valence electrons. The van der Waals surface area contributed by atoms with Crippen LogP contribution in [-0.4, -0.2) is 14.7 Å². The Morgan fingerprint density at radius 2 is 2.00 bits per heavy atom. The summed E-state index contributed by atoms with van der Waals surface area (Å²) in [5, 5.41) is 9.82. The standard InChI is InChI=1S/C18H16N2O/c1-12(21)13-5-4-6-14(9-13)18-16-8-3-2-7-15(16)17-10-19-11-20(17)18/h2-12,18,21H,1H3/t12-,18-/m1/s1. The van der Waals surface area contributed by atoms with Gasteiger partial charge in [0.2, 0.25) is 0 Å². The van der Waals surface area contributed by atoms with Gasteiger partial charge in [-0.05, 0) is 23.6 Å². The van der Waals surface area contributed by atoms with Crippen molar-refractivity contribution in [1.82, 2.24) is 9.55 Å². The van der Waals surface area contributed by atoms with E-state index >= 15 is 0 Å². The molecule has 0 saturated heterocycles. The van der Waals surface area contributed by atoms with Gasteiger partial charge < -0.3 is 9.67 Å². The number of imidazole rings is 1. The maximum Gasteiger partial charge on any atom is 0.0959 e. The lowest BCUT2D eigenvalue weighted by Gasteiger charge is -2.17. The Labute approximate surface area is 123 Å². The summed E-state index contributed by atoms with van der Waals surface area (Å²) in [4.78, 5) is 4.29. The van der Waals surface area contributed by atoms with E-state index in [-0.39, 0.29) is 6.04 Å². The minimum absolute atomic E-state index is 0.136. The van der Waals surface area contributed by atoms with E-state index in [1.165, 1.54) is 16.7 Å². The fourth-order valence-electron chi connectivity index (χ4n) is 3.17. The largest absolute Gasteiger partial charge is 0.389 e. The molecule has 2 atom stereocenters. The van der Waals surface area contributed by atoms with Crippen LogP contribution < -0.4 is 0 Å². The summed E-state index contributed by atoms with van der Waals surface area (Å²) >= 11 is 0. The number of benzene rings is 2. The molecule has 0 spiro atoms. The van der Waals surface area contributed by atoms with Crippen LogP contribution in [0.3, 0.4) is 0 Å². The van der Waals surface area contributed by atoms with Crippen molar-refractivity contribution in [3.05, 3.63) is 77.7 Å². The highest BCUT2D eigenvalue weighted by molar-refractivity contribution is 5.70. The number of fused-ring (bicyclic) bond motifs is 3. The minimum atomic E-state index is -0.455. The van der Waals surface area contributed by atoms with Crippen LogP contribution in [-0.2, 0) is 0 Å². The van der Waals surface area contributed by atoms with E-state index in [4.69, 9.17) is 0 Å². The molecule has 1 aliphatic heterocycles. The van der Waals surface area contributed by atoms with E-state index in [1.54, 1.807) is 6.92 Å². The first-order valence-corrected chi connectivity index (χ1v) is 7.15. The smallest absolute Gasteiger partial charge is 0.0959 e. The van der Waals surface area contributed by atoms with Crippen LogP contribution in [0.1, 0.15) is 35.8 Å². The Kier molecular flexibility index (Phi) is 2.69. The molecular formula is C18H16N2O. The van der Waals surface area contributed by atoms with Crippen molar-refractivity contribution >= 4 is 0 Å². The summed E-state index contributed by atoms with van der Waals surface area (Å²) in [5.41, 5.74) is 5.80. The van der Waals surface area contributed by atoms with Crippen molar-refractivity contribution in [2.24, 2.45) is 0 Å². The topological polar surface area (TPSA) is 38.1 Å². The second kappa shape index (κ2) is 4.57. The zero-order chi connectivity index (χ0) is 14.4. The van der Waals surface area contributed by atoms with Crippen LogP contribution in [0.2, 0.25) is 0 Å². The van der Waals surface area contributed by atoms with Gasteiger partial charge >= 0.3 is 0 Å². The molecule has 2 aromatic carbocycles. The summed E-state index contributed by atoms with van der Waals surface area (Å²) in [6.45, 7) is 1.80. The normalized spacial score (nSPS) is 17.3. The number of aliphatic hydroxyl groups excluding tert-OH is 1. The molecule has 3 heteroatoms. The maximum absolute atomic E-state index is 9.82. The van der Waals surface area contributed by atoms with Gasteiger partial charge in [0.05, 0.1) is 30.4 Å². The Morgan fingerprint density at radius 3 is 2.86 bits per heavy atom. The molecule has 0 radical (unpaired) electrons. The molecule has 3 aromatic rings. The summed E-state index contributed by atoms with van der Waals surface area (Å²) in [6.07, 6.45) is 3.34. The lowest BCUT2D eigenvalue weighted by Crippen LogP contribution is -2.07. The number of aromatic nitrogens is 2. The molecule has 1 aromatic heterocycles. The Balaban J connectivity index is 1.91. The van der Waals surface area contributed by atoms with Crippen LogP contribution in [0.4, 0.5) is 0 Å². The highest BCUT2D eigenvalue weighted by atomic mass is 16.3. The molecule has 1 N–H and O–H groups in total. The SMILES string of the molecule is C[C@@H](O)c1cccc([C@@H]2c3ccccc3-c3cncn32)c1. The third kappa shape index (κ3) is 1.82. The van der Waals surface area contributed by atoms with Crippen LogP contribution in [0, 0.1) is 0 Å². The molecule has 0 unspecified atom stereocenters. The minimum Gasteiger partial charge on any atom is -0.389 e. The van der Waals surface area contributed by atoms with E-state index < -0.39 is 6.10 Å². The van der Waals surface area contributed by atoms with E-state index in [0.717, 1.165) is 11.3 Å². The van der Waals surface area contributed by atoms with E-state index in [9.17, 15) is 5.11 Å². The van der Waals surface area contributed by atoms with E-state index in [0.29, 0.717) is 0 Å². The van der Waals surface area contributed by atoms with Gasteiger partial charge in [-0.25, -0.2) is 4.98 Å². The van der Waals surface area contributed by atoms with Crippen molar-refractivity contribution in [2.45, 2.75) is 19.1 Å². The Bertz CT molecular complexity index is 804. The predicted octanol–water partition coefficient (Wildman–Crippen LogP) is 3.55. The third-order valence-electron chi connectivity index (χ3n) is 4.18. The van der Waals surface area contributed by atoms with Gasteiger partial charge in [-0.1, -0.05) is 48.5 Å². The zero-order valence-corrected chi connectivity index (χ0v) is 11.8. The Hall–Kier alpha value is -2.39. The Morgan fingerprint density at radius 1 is 1.14 bits per heavy atom. The summed E-state index contributed by atoms with van der Waals surface area (Å²) in [5.74, 6) is 0. The summed E-state index contributed by atoms with van der Waals surface area (Å²) in [7, 11) is 0. The van der Waals surface area contributed by atoms with Gasteiger partial charge in [0.25, 0.3) is 0 Å². The highest BCUT2D eigenvalue weighted by Crippen LogP contribution is 2.42. The van der Waals surface area contributed by atoms with Crippen molar-refractivity contribution in [3.8, 4) is 11.3 Å². The van der Waals surface area contributed by atoms with Gasteiger partial charge in [0.1, 0.15) is 0 Å². The second-order valence-corrected chi connectivity index (χ2v) is 5.52. The fraction of sp³-hybridized carbons (Fsp3) is 0.167. The molecule has 3 nitrogen and oxygen atoms in total. The fourth-order valence-corrected chi connectivity index (χ4v) is 3.17. The predicted molar refractivity (Wildman–Crippen MR) is 82.0 cm³/mol. The van der Waals surface area contributed by atoms with E-state index in [2.05, 4.69) is 45.9 Å². The third-order valence-corrected chi connectivity index (χ3v) is 4.18. The lowest BCUT2D eigenvalue weighted by molar-refractivity contribution is 0.199. The average Bonchev–Trinajstić information content (AvgIpc) is 3.07. The summed E-state index contributed by atoms with van der Waals surface area (Å²) < 4.78 is 2.20. The molecule has 0 bridgehead atoms. The number of hydrogen-bond acceptors (Lipinski definition) is 2. The van der Waals surface area contributed by atoms with Gasteiger partial charge in [-0.15, -0.1) is 0 Å². The van der Waals surface area contributed by atoms with Crippen LogP contribution in [0.25, 0.3) is 11.3 Å². The van der Waals surface area contributed by atoms with Gasteiger partial charge in [-0.3, -0.25) is 0 Å². The van der Waals surface area contributed by atoms with Gasteiger partial charge in [-0.2, -0.15) is 0 Å². The maximum atomic E-state index is 9.82. The first kappa shape index (κ1) is 12.4. The van der Waals surface area contributed by atoms with Crippen molar-refractivity contribution in [2.75, 3.05) is 0 Å². The van der Waals surface area contributed by atoms with Gasteiger partial charge in [0.15, 0.2) is 0 Å². The quantitative estimate of drug-likeness (QED) is 0.608. The molecule has 2 heterocycles. The molecule has 0 amide bonds. The second-order valence-electron chi connectivity index (χ2n) is 5.52. The number of nitrogens with zero attached hydrogens (tertiary/aromatic N) is 2. The van der Waals surface area contributed by atoms with Gasteiger partial charge in [0, 0.05) is 5.56 Å². The highest BCUT2D eigenvalue weighted by Gasteiger charge is 2.29. The molecule has 0 aliphatic carbocycles. The van der Waals surface area contributed by atoms with Crippen LogP contribution in [0.15, 0.2) is 61.1 Å². The van der Waals surface area contributed by atoms with Crippen molar-refractivity contribution in [3.63, 3.8) is 0 Å². The molecule has 0 saturated carbocycles. The van der Waals surface area contributed by atoms with Crippen molar-refractivity contribution in [1.29, 1.82) is 0 Å². The average molecular weight is 276 g/mol. The molecule has 21 heavy (non-hydrogen) atoms. The molecule has 1 aliphatic rings. The number of rotatable bonds is 2. The number of aliphatic hydroxyl groups is 1.